The first kappa shape index (κ1) is 17.9. The van der Waals surface area contributed by atoms with Crippen LogP contribution in [0.4, 0.5) is 10.1 Å². The fourth-order valence-corrected chi connectivity index (χ4v) is 3.49. The van der Waals surface area contributed by atoms with E-state index in [0.717, 1.165) is 43.3 Å². The normalized spacial score (nSPS) is 15.3. The molecule has 5 nitrogen and oxygen atoms in total. The van der Waals surface area contributed by atoms with Crippen LogP contribution in [-0.2, 0) is 6.67 Å². The Morgan fingerprint density at radius 3 is 2.33 bits per heavy atom. The second-order valence-electron chi connectivity index (χ2n) is 6.87. The van der Waals surface area contributed by atoms with E-state index in [2.05, 4.69) is 51.1 Å². The van der Waals surface area contributed by atoms with Crippen LogP contribution in [0.1, 0.15) is 5.56 Å². The van der Waals surface area contributed by atoms with E-state index in [1.165, 1.54) is 17.7 Å². The Hall–Kier alpha value is -2.51. The van der Waals surface area contributed by atoms with Crippen LogP contribution in [0.25, 0.3) is 11.4 Å². The Labute approximate surface area is 163 Å². The van der Waals surface area contributed by atoms with Gasteiger partial charge in [-0.1, -0.05) is 29.8 Å². The number of nitrogens with zero attached hydrogens (tertiary/aromatic N) is 4. The van der Waals surface area contributed by atoms with E-state index in [4.69, 9.17) is 12.2 Å². The number of rotatable bonds is 4. The predicted molar refractivity (Wildman–Crippen MR) is 108 cm³/mol. The van der Waals surface area contributed by atoms with Crippen molar-refractivity contribution < 1.29 is 4.39 Å². The number of anilines is 1. The fraction of sp³-hybridized carbons (Fsp3) is 0.300. The van der Waals surface area contributed by atoms with Crippen LogP contribution in [0.2, 0.25) is 0 Å². The number of aromatic nitrogens is 3. The van der Waals surface area contributed by atoms with E-state index in [-0.39, 0.29) is 5.82 Å². The number of halogens is 1. The van der Waals surface area contributed by atoms with Gasteiger partial charge < -0.3 is 4.90 Å². The molecule has 3 aromatic rings. The molecule has 0 atom stereocenters. The first-order chi connectivity index (χ1) is 13.1. The lowest BCUT2D eigenvalue weighted by Crippen LogP contribution is -2.47. The molecule has 0 bridgehead atoms. The van der Waals surface area contributed by atoms with E-state index < -0.39 is 0 Å². The lowest BCUT2D eigenvalue weighted by Gasteiger charge is -2.35. The molecule has 0 unspecified atom stereocenters. The molecule has 0 amide bonds. The molecule has 1 aliphatic rings. The van der Waals surface area contributed by atoms with Gasteiger partial charge in [-0.05, 0) is 43.4 Å². The number of hydrogen-bond donors (Lipinski definition) is 1. The van der Waals surface area contributed by atoms with E-state index >= 15 is 0 Å². The molecule has 1 fully saturated rings. The number of aryl methyl sites for hydroxylation is 1. The minimum Gasteiger partial charge on any atom is -0.369 e. The summed E-state index contributed by atoms with van der Waals surface area (Å²) in [7, 11) is 0. The zero-order chi connectivity index (χ0) is 18.8. The first-order valence-corrected chi connectivity index (χ1v) is 9.46. The average Bonchev–Trinajstić information content (AvgIpc) is 3.04. The molecular formula is C20H22FN5S. The maximum atomic E-state index is 13.1. The van der Waals surface area contributed by atoms with Gasteiger partial charge >= 0.3 is 0 Å². The van der Waals surface area contributed by atoms with Gasteiger partial charge in [0, 0.05) is 37.4 Å². The van der Waals surface area contributed by atoms with Gasteiger partial charge in [0.15, 0.2) is 5.82 Å². The van der Waals surface area contributed by atoms with Gasteiger partial charge in [0.1, 0.15) is 5.82 Å². The Bertz CT molecular complexity index is 953. The highest BCUT2D eigenvalue weighted by molar-refractivity contribution is 7.71. The third-order valence-corrected chi connectivity index (χ3v) is 5.22. The summed E-state index contributed by atoms with van der Waals surface area (Å²) in [5.74, 6) is 0.598. The van der Waals surface area contributed by atoms with E-state index in [0.29, 0.717) is 11.4 Å². The molecule has 140 valence electrons. The molecule has 0 saturated carbocycles. The molecule has 27 heavy (non-hydrogen) atoms. The van der Waals surface area contributed by atoms with Crippen LogP contribution in [0.5, 0.6) is 0 Å². The second kappa shape index (κ2) is 7.62. The summed E-state index contributed by atoms with van der Waals surface area (Å²) in [5.41, 5.74) is 3.32. The van der Waals surface area contributed by atoms with E-state index in [1.807, 2.05) is 16.8 Å². The maximum Gasteiger partial charge on any atom is 0.217 e. The van der Waals surface area contributed by atoms with Crippen molar-refractivity contribution in [1.82, 2.24) is 19.7 Å². The van der Waals surface area contributed by atoms with Gasteiger partial charge in [-0.25, -0.2) is 9.07 Å². The highest BCUT2D eigenvalue weighted by atomic mass is 32.1. The number of hydrogen-bond acceptors (Lipinski definition) is 4. The molecule has 4 rings (SSSR count). The van der Waals surface area contributed by atoms with Crippen molar-refractivity contribution in [3.63, 3.8) is 0 Å². The number of H-pyrrole nitrogens is 1. The molecule has 0 aliphatic carbocycles. The molecule has 2 heterocycles. The summed E-state index contributed by atoms with van der Waals surface area (Å²) in [6, 6.07) is 14.9. The van der Waals surface area contributed by atoms with Crippen LogP contribution in [0.3, 0.4) is 0 Å². The Kier molecular flexibility index (Phi) is 5.05. The monoisotopic (exact) mass is 383 g/mol. The lowest BCUT2D eigenvalue weighted by molar-refractivity contribution is 0.194. The first-order valence-electron chi connectivity index (χ1n) is 9.05. The summed E-state index contributed by atoms with van der Waals surface area (Å²) < 4.78 is 15.6. The van der Waals surface area contributed by atoms with Crippen molar-refractivity contribution in [1.29, 1.82) is 0 Å². The maximum absolute atomic E-state index is 13.1. The molecule has 0 radical (unpaired) electrons. The standard InChI is InChI=1S/C20H22FN5S/c1-15-2-4-16(5-3-15)19-22-20(27)26(23-19)14-24-10-12-25(13-11-24)18-8-6-17(21)7-9-18/h2-9H,10-14H2,1H3,(H,22,23,27). The van der Waals surface area contributed by atoms with Crippen LogP contribution in [0, 0.1) is 17.5 Å². The van der Waals surface area contributed by atoms with Crippen molar-refractivity contribution in [3.8, 4) is 11.4 Å². The van der Waals surface area contributed by atoms with Crippen molar-refractivity contribution in [2.45, 2.75) is 13.6 Å². The van der Waals surface area contributed by atoms with Crippen LogP contribution in [0.15, 0.2) is 48.5 Å². The highest BCUT2D eigenvalue weighted by Gasteiger charge is 2.18. The molecule has 1 saturated heterocycles. The van der Waals surface area contributed by atoms with Crippen molar-refractivity contribution in [2.75, 3.05) is 31.1 Å². The highest BCUT2D eigenvalue weighted by Crippen LogP contribution is 2.18. The minimum absolute atomic E-state index is 0.199. The SMILES string of the molecule is Cc1ccc(-c2nc(=S)n(CN3CCN(c4ccc(F)cc4)CC3)[nH]2)cc1. The van der Waals surface area contributed by atoms with Gasteiger partial charge in [0.2, 0.25) is 4.77 Å². The molecule has 1 aromatic heterocycles. The summed E-state index contributed by atoms with van der Waals surface area (Å²) in [6.45, 7) is 6.39. The average molecular weight is 383 g/mol. The minimum atomic E-state index is -0.199. The Morgan fingerprint density at radius 2 is 1.67 bits per heavy atom. The van der Waals surface area contributed by atoms with Gasteiger partial charge in [0.05, 0.1) is 6.67 Å². The second-order valence-corrected chi connectivity index (χ2v) is 7.24. The molecule has 1 aliphatic heterocycles. The zero-order valence-corrected chi connectivity index (χ0v) is 16.0. The van der Waals surface area contributed by atoms with E-state index in [9.17, 15) is 4.39 Å². The third kappa shape index (κ3) is 4.09. The number of nitrogens with one attached hydrogen (secondary N) is 1. The predicted octanol–water partition coefficient (Wildman–Crippen LogP) is 3.83. The Morgan fingerprint density at radius 1 is 1.00 bits per heavy atom. The van der Waals surface area contributed by atoms with Gasteiger partial charge in [-0.15, -0.1) is 0 Å². The summed E-state index contributed by atoms with van der Waals surface area (Å²) >= 11 is 5.43. The van der Waals surface area contributed by atoms with Crippen molar-refractivity contribution >= 4 is 17.9 Å². The smallest absolute Gasteiger partial charge is 0.217 e. The quantitative estimate of drug-likeness (QED) is 0.695. The number of benzene rings is 2. The fourth-order valence-electron chi connectivity index (χ4n) is 3.29. The third-order valence-electron chi connectivity index (χ3n) is 4.91. The summed E-state index contributed by atoms with van der Waals surface area (Å²) in [5, 5.41) is 3.32. The van der Waals surface area contributed by atoms with Gasteiger partial charge in [-0.2, -0.15) is 4.98 Å². The summed E-state index contributed by atoms with van der Waals surface area (Å²) in [4.78, 5) is 9.11. The number of piperazine rings is 1. The van der Waals surface area contributed by atoms with E-state index in [1.54, 1.807) is 0 Å². The van der Waals surface area contributed by atoms with Crippen LogP contribution < -0.4 is 4.90 Å². The molecule has 1 N–H and O–H groups in total. The van der Waals surface area contributed by atoms with Crippen LogP contribution in [-0.4, -0.2) is 45.8 Å². The molecule has 2 aromatic carbocycles. The summed E-state index contributed by atoms with van der Waals surface area (Å²) in [6.07, 6.45) is 0. The van der Waals surface area contributed by atoms with Gasteiger partial charge in [-0.3, -0.25) is 10.00 Å². The Balaban J connectivity index is 1.40. The molecule has 7 heteroatoms. The molecular weight excluding hydrogens is 361 g/mol. The van der Waals surface area contributed by atoms with Crippen molar-refractivity contribution in [2.24, 2.45) is 0 Å². The lowest BCUT2D eigenvalue weighted by atomic mass is 10.1. The van der Waals surface area contributed by atoms with Crippen LogP contribution >= 0.6 is 12.2 Å². The van der Waals surface area contributed by atoms with Crippen molar-refractivity contribution in [3.05, 3.63) is 64.7 Å². The van der Waals surface area contributed by atoms with Gasteiger partial charge in [0.25, 0.3) is 0 Å². The molecule has 0 spiro atoms. The number of aromatic amines is 1. The zero-order valence-electron chi connectivity index (χ0n) is 15.2. The topological polar surface area (TPSA) is 40.1 Å². The largest absolute Gasteiger partial charge is 0.369 e.